The van der Waals surface area contributed by atoms with Crippen molar-refractivity contribution < 1.29 is 38.1 Å². The van der Waals surface area contributed by atoms with E-state index in [1.165, 1.54) is 13.8 Å². The lowest BCUT2D eigenvalue weighted by Crippen LogP contribution is -2.52. The van der Waals surface area contributed by atoms with Crippen LogP contribution in [0.25, 0.3) is 0 Å². The van der Waals surface area contributed by atoms with E-state index in [0.717, 1.165) is 10.5 Å². The summed E-state index contributed by atoms with van der Waals surface area (Å²) in [7, 11) is 0. The van der Waals surface area contributed by atoms with Gasteiger partial charge in [0.05, 0.1) is 19.8 Å². The first-order valence-electron chi connectivity index (χ1n) is 9.79. The van der Waals surface area contributed by atoms with E-state index in [1.807, 2.05) is 30.3 Å². The van der Waals surface area contributed by atoms with Gasteiger partial charge in [0, 0.05) is 13.8 Å². The minimum Gasteiger partial charge on any atom is -0.456 e. The predicted molar refractivity (Wildman–Crippen MR) is 103 cm³/mol. The van der Waals surface area contributed by atoms with Crippen molar-refractivity contribution >= 4 is 18.0 Å². The van der Waals surface area contributed by atoms with Crippen molar-refractivity contribution in [2.75, 3.05) is 13.2 Å². The van der Waals surface area contributed by atoms with E-state index in [-0.39, 0.29) is 19.8 Å². The Balaban J connectivity index is 1.79. The first-order chi connectivity index (χ1) is 14.2. The molecule has 0 N–H and O–H groups in total. The third-order valence-corrected chi connectivity index (χ3v) is 4.91. The number of nitrogens with zero attached hydrogens (tertiary/aromatic N) is 1. The molecule has 2 aliphatic rings. The lowest BCUT2D eigenvalue weighted by molar-refractivity contribution is -0.181. The number of carbonyl (C=O) groups is 3. The molecule has 2 fully saturated rings. The summed E-state index contributed by atoms with van der Waals surface area (Å²) >= 11 is 0. The second-order valence-corrected chi connectivity index (χ2v) is 7.75. The maximum absolute atomic E-state index is 12.4. The minimum atomic E-state index is -0.956. The molecule has 4 atom stereocenters. The zero-order chi connectivity index (χ0) is 21.9. The molecule has 2 amide bonds. The summed E-state index contributed by atoms with van der Waals surface area (Å²) in [6.07, 6.45) is -3.38. The Kier molecular flexibility index (Phi) is 6.74. The van der Waals surface area contributed by atoms with Crippen molar-refractivity contribution in [2.45, 2.75) is 64.4 Å². The number of imide groups is 1. The number of hydrogen-bond donors (Lipinski definition) is 0. The van der Waals surface area contributed by atoms with Crippen LogP contribution in [-0.4, -0.2) is 66.2 Å². The van der Waals surface area contributed by atoms with E-state index in [9.17, 15) is 14.4 Å². The molecule has 0 unspecified atom stereocenters. The van der Waals surface area contributed by atoms with E-state index < -0.39 is 48.1 Å². The van der Waals surface area contributed by atoms with Crippen LogP contribution in [0, 0.1) is 0 Å². The topological polar surface area (TPSA) is 101 Å². The summed E-state index contributed by atoms with van der Waals surface area (Å²) in [5, 5.41) is 0. The highest BCUT2D eigenvalue weighted by molar-refractivity contribution is 5.92. The van der Waals surface area contributed by atoms with Crippen molar-refractivity contribution in [3.63, 3.8) is 0 Å². The molecule has 1 aromatic carbocycles. The largest absolute Gasteiger partial charge is 0.456 e. The zero-order valence-electron chi connectivity index (χ0n) is 17.5. The third-order valence-electron chi connectivity index (χ3n) is 4.91. The number of amides is 2. The van der Waals surface area contributed by atoms with Gasteiger partial charge in [-0.05, 0) is 19.4 Å². The van der Waals surface area contributed by atoms with Gasteiger partial charge in [-0.1, -0.05) is 30.3 Å². The lowest BCUT2D eigenvalue weighted by Gasteiger charge is -2.31. The van der Waals surface area contributed by atoms with Crippen LogP contribution in [0.2, 0.25) is 0 Å². The average Bonchev–Trinajstić information content (AvgIpc) is 3.19. The third kappa shape index (κ3) is 5.16. The van der Waals surface area contributed by atoms with E-state index in [1.54, 1.807) is 13.8 Å². The van der Waals surface area contributed by atoms with Gasteiger partial charge in [0.1, 0.15) is 12.1 Å². The molecular formula is C21H27NO8. The normalized spacial score (nSPS) is 26.3. The Hall–Kier alpha value is -2.49. The van der Waals surface area contributed by atoms with Crippen LogP contribution in [0.15, 0.2) is 30.3 Å². The van der Waals surface area contributed by atoms with Gasteiger partial charge < -0.3 is 23.7 Å². The Morgan fingerprint density at radius 1 is 1.23 bits per heavy atom. The molecule has 9 nitrogen and oxygen atoms in total. The van der Waals surface area contributed by atoms with Crippen molar-refractivity contribution in [1.29, 1.82) is 0 Å². The second-order valence-electron chi connectivity index (χ2n) is 7.75. The zero-order valence-corrected chi connectivity index (χ0v) is 17.5. The molecule has 0 bridgehead atoms. The molecule has 0 aromatic heterocycles. The summed E-state index contributed by atoms with van der Waals surface area (Å²) in [5.74, 6) is -1.92. The van der Waals surface area contributed by atoms with Crippen molar-refractivity contribution in [3.8, 4) is 0 Å². The quantitative estimate of drug-likeness (QED) is 0.617. The smallest absolute Gasteiger partial charge is 0.417 e. The van der Waals surface area contributed by atoms with E-state index in [4.69, 9.17) is 23.7 Å². The van der Waals surface area contributed by atoms with Crippen molar-refractivity contribution in [2.24, 2.45) is 0 Å². The van der Waals surface area contributed by atoms with E-state index >= 15 is 0 Å². The first kappa shape index (κ1) is 22.2. The van der Waals surface area contributed by atoms with Crippen LogP contribution in [0.5, 0.6) is 0 Å². The summed E-state index contributed by atoms with van der Waals surface area (Å²) in [6.45, 7) is 6.46. The average molecular weight is 421 g/mol. The Bertz CT molecular complexity index is 780. The summed E-state index contributed by atoms with van der Waals surface area (Å²) in [5.41, 5.74) is 0.944. The number of benzene rings is 1. The molecule has 3 rings (SSSR count). The number of rotatable bonds is 7. The minimum absolute atomic E-state index is 0.0135. The number of esters is 1. The SMILES string of the molecule is CC(=O)O[C@@H]([C@@H]1OC(=O)N(C(C)=O)[C@@H]1COCc1ccccc1)[C@@H]1COC(C)(C)O1. The number of carbonyl (C=O) groups excluding carboxylic acids is 3. The maximum Gasteiger partial charge on any atom is 0.417 e. The van der Waals surface area contributed by atoms with Gasteiger partial charge >= 0.3 is 12.1 Å². The van der Waals surface area contributed by atoms with Gasteiger partial charge in [-0.3, -0.25) is 9.59 Å². The molecule has 2 aliphatic heterocycles. The van der Waals surface area contributed by atoms with Crippen molar-refractivity contribution in [1.82, 2.24) is 4.90 Å². The fourth-order valence-electron chi connectivity index (χ4n) is 3.65. The molecule has 9 heteroatoms. The van der Waals surface area contributed by atoms with Crippen LogP contribution in [0.4, 0.5) is 4.79 Å². The van der Waals surface area contributed by atoms with Gasteiger partial charge in [-0.15, -0.1) is 0 Å². The van der Waals surface area contributed by atoms with Crippen LogP contribution >= 0.6 is 0 Å². The van der Waals surface area contributed by atoms with Gasteiger partial charge in [-0.2, -0.15) is 0 Å². The summed E-state index contributed by atoms with van der Waals surface area (Å²) < 4.78 is 28.1. The van der Waals surface area contributed by atoms with Crippen LogP contribution in [0.3, 0.4) is 0 Å². The first-order valence-corrected chi connectivity index (χ1v) is 9.79. The monoisotopic (exact) mass is 421 g/mol. The molecule has 0 spiro atoms. The van der Waals surface area contributed by atoms with Crippen molar-refractivity contribution in [3.05, 3.63) is 35.9 Å². The Morgan fingerprint density at radius 2 is 1.93 bits per heavy atom. The van der Waals surface area contributed by atoms with Gasteiger partial charge in [0.2, 0.25) is 5.91 Å². The fourth-order valence-corrected chi connectivity index (χ4v) is 3.65. The maximum atomic E-state index is 12.4. The predicted octanol–water partition coefficient (Wildman–Crippen LogP) is 2.02. The number of hydrogen-bond acceptors (Lipinski definition) is 8. The van der Waals surface area contributed by atoms with E-state index in [2.05, 4.69) is 0 Å². The highest BCUT2D eigenvalue weighted by Gasteiger charge is 2.53. The fraction of sp³-hybridized carbons (Fsp3) is 0.571. The summed E-state index contributed by atoms with van der Waals surface area (Å²) in [4.78, 5) is 37.3. The van der Waals surface area contributed by atoms with E-state index in [0.29, 0.717) is 0 Å². The molecule has 0 aliphatic carbocycles. The van der Waals surface area contributed by atoms with Gasteiger partial charge in [0.15, 0.2) is 18.0 Å². The molecule has 0 radical (unpaired) electrons. The van der Waals surface area contributed by atoms with Gasteiger partial charge in [-0.25, -0.2) is 9.69 Å². The molecule has 0 saturated carbocycles. The van der Waals surface area contributed by atoms with Crippen LogP contribution in [0.1, 0.15) is 33.3 Å². The molecular weight excluding hydrogens is 394 g/mol. The van der Waals surface area contributed by atoms with Gasteiger partial charge in [0.25, 0.3) is 0 Å². The highest BCUT2D eigenvalue weighted by atomic mass is 16.8. The lowest BCUT2D eigenvalue weighted by atomic mass is 10.0. The van der Waals surface area contributed by atoms with Crippen LogP contribution < -0.4 is 0 Å². The summed E-state index contributed by atoms with van der Waals surface area (Å²) in [6, 6.07) is 8.71. The second kappa shape index (κ2) is 9.11. The number of ether oxygens (including phenoxy) is 5. The Morgan fingerprint density at radius 3 is 2.50 bits per heavy atom. The molecule has 1 aromatic rings. The van der Waals surface area contributed by atoms with Crippen LogP contribution in [-0.2, 0) is 39.9 Å². The molecule has 2 heterocycles. The highest BCUT2D eigenvalue weighted by Crippen LogP contribution is 2.32. The molecule has 30 heavy (non-hydrogen) atoms. The molecule has 2 saturated heterocycles. The standard InChI is InChI=1S/C21H27NO8/c1-13(23)22-16(11-26-10-15-8-6-5-7-9-15)18(29-20(22)25)19(28-14(2)24)17-12-27-21(3,4)30-17/h5-9,16-19H,10-12H2,1-4H3/t16-,17+,18-,19-/m1/s1. The number of cyclic esters (lactones) is 1. The molecule has 164 valence electrons. The Labute approximate surface area is 175 Å².